The van der Waals surface area contributed by atoms with Crippen molar-refractivity contribution in [1.82, 2.24) is 10.2 Å². The number of nitrogens with zero attached hydrogens (tertiary/aromatic N) is 2. The molecule has 1 fully saturated rings. The summed E-state index contributed by atoms with van der Waals surface area (Å²) in [6.45, 7) is 7.82. The molecular weight excluding hydrogens is 354 g/mol. The predicted molar refractivity (Wildman–Crippen MR) is 111 cm³/mol. The zero-order valence-corrected chi connectivity index (χ0v) is 17.1. The molecule has 2 aromatic rings. The lowest BCUT2D eigenvalue weighted by molar-refractivity contribution is 0.194. The zero-order chi connectivity index (χ0) is 20.1. The molecule has 28 heavy (non-hydrogen) atoms. The number of rotatable bonds is 5. The number of hydrogen-bond acceptors (Lipinski definition) is 4. The van der Waals surface area contributed by atoms with Crippen LogP contribution in [0.2, 0.25) is 0 Å². The largest absolute Gasteiger partial charge is 0.493 e. The van der Waals surface area contributed by atoms with Gasteiger partial charge in [-0.3, -0.25) is 0 Å². The first-order valence-electron chi connectivity index (χ1n) is 9.57. The molecule has 0 aliphatic carbocycles. The van der Waals surface area contributed by atoms with Crippen LogP contribution in [0, 0.1) is 13.8 Å². The minimum absolute atomic E-state index is 0.0323. The van der Waals surface area contributed by atoms with Crippen LogP contribution in [0.5, 0.6) is 11.5 Å². The Bertz CT molecular complexity index is 830. The Kier molecular flexibility index (Phi) is 6.29. The maximum absolute atomic E-state index is 12.5. The van der Waals surface area contributed by atoms with Gasteiger partial charge in [-0.05, 0) is 43.2 Å². The van der Waals surface area contributed by atoms with Gasteiger partial charge in [-0.15, -0.1) is 0 Å². The third-order valence-corrected chi connectivity index (χ3v) is 5.15. The van der Waals surface area contributed by atoms with E-state index in [1.165, 1.54) is 16.8 Å². The number of carbonyl (C=O) groups excluding carboxylic acids is 1. The molecule has 6 heteroatoms. The summed E-state index contributed by atoms with van der Waals surface area (Å²) in [5, 5.41) is 3.00. The molecule has 0 atom stereocenters. The zero-order valence-electron chi connectivity index (χ0n) is 17.1. The number of nitrogens with one attached hydrogen (secondary N) is 1. The molecule has 0 unspecified atom stereocenters. The van der Waals surface area contributed by atoms with Gasteiger partial charge < -0.3 is 24.6 Å². The number of anilines is 1. The Hall–Kier alpha value is -2.89. The van der Waals surface area contributed by atoms with Crippen molar-refractivity contribution in [2.24, 2.45) is 0 Å². The van der Waals surface area contributed by atoms with Crippen molar-refractivity contribution in [2.45, 2.75) is 20.4 Å². The van der Waals surface area contributed by atoms with E-state index in [9.17, 15) is 4.79 Å². The number of urea groups is 1. The molecule has 150 valence electrons. The third kappa shape index (κ3) is 4.50. The van der Waals surface area contributed by atoms with E-state index in [2.05, 4.69) is 42.3 Å². The summed E-state index contributed by atoms with van der Waals surface area (Å²) in [7, 11) is 3.21. The van der Waals surface area contributed by atoms with Crippen LogP contribution in [0.3, 0.4) is 0 Å². The third-order valence-electron chi connectivity index (χ3n) is 5.15. The molecule has 0 spiro atoms. The topological polar surface area (TPSA) is 54.0 Å². The molecule has 0 bridgehead atoms. The van der Waals surface area contributed by atoms with Gasteiger partial charge in [-0.25, -0.2) is 4.79 Å². The molecular formula is C22H29N3O3. The van der Waals surface area contributed by atoms with E-state index in [0.717, 1.165) is 18.7 Å². The summed E-state index contributed by atoms with van der Waals surface area (Å²) >= 11 is 0. The SMILES string of the molecule is COc1ccc(CNC(=O)N2CCN(c3ccc(C)cc3C)CC2)cc1OC. The fourth-order valence-electron chi connectivity index (χ4n) is 3.59. The summed E-state index contributed by atoms with van der Waals surface area (Å²) in [6, 6.07) is 12.2. The van der Waals surface area contributed by atoms with Crippen LogP contribution in [-0.2, 0) is 6.54 Å². The van der Waals surface area contributed by atoms with Crippen LogP contribution in [0.25, 0.3) is 0 Å². The average Bonchev–Trinajstić information content (AvgIpc) is 2.72. The van der Waals surface area contributed by atoms with E-state index in [4.69, 9.17) is 9.47 Å². The monoisotopic (exact) mass is 383 g/mol. The fourth-order valence-corrected chi connectivity index (χ4v) is 3.59. The van der Waals surface area contributed by atoms with Crippen molar-refractivity contribution in [3.05, 3.63) is 53.1 Å². The van der Waals surface area contributed by atoms with Crippen LogP contribution in [-0.4, -0.2) is 51.3 Å². The van der Waals surface area contributed by atoms with Crippen LogP contribution in [0.4, 0.5) is 10.5 Å². The summed E-state index contributed by atoms with van der Waals surface area (Å²) in [4.78, 5) is 16.8. The normalized spacial score (nSPS) is 14.0. The maximum atomic E-state index is 12.5. The number of carbonyl (C=O) groups is 1. The molecule has 0 saturated carbocycles. The highest BCUT2D eigenvalue weighted by Crippen LogP contribution is 2.27. The number of methoxy groups -OCH3 is 2. The van der Waals surface area contributed by atoms with Crippen molar-refractivity contribution in [1.29, 1.82) is 0 Å². The van der Waals surface area contributed by atoms with Gasteiger partial charge in [0.1, 0.15) is 0 Å². The number of piperazine rings is 1. The summed E-state index contributed by atoms with van der Waals surface area (Å²) < 4.78 is 10.6. The van der Waals surface area contributed by atoms with Crippen LogP contribution in [0.15, 0.2) is 36.4 Å². The van der Waals surface area contributed by atoms with Gasteiger partial charge in [0.2, 0.25) is 0 Å². The van der Waals surface area contributed by atoms with E-state index in [1.807, 2.05) is 23.1 Å². The first kappa shape index (κ1) is 19.9. The van der Waals surface area contributed by atoms with Gasteiger partial charge in [0.05, 0.1) is 14.2 Å². The smallest absolute Gasteiger partial charge is 0.317 e. The van der Waals surface area contributed by atoms with E-state index >= 15 is 0 Å². The minimum Gasteiger partial charge on any atom is -0.493 e. The van der Waals surface area contributed by atoms with Gasteiger partial charge in [0.15, 0.2) is 11.5 Å². The first-order chi connectivity index (χ1) is 13.5. The molecule has 2 amide bonds. The molecule has 3 rings (SSSR count). The minimum atomic E-state index is -0.0323. The molecule has 1 heterocycles. The standard InChI is InChI=1S/C22H29N3O3/c1-16-5-7-19(17(2)13-16)24-9-11-25(12-10-24)22(26)23-15-18-6-8-20(27-3)21(14-18)28-4/h5-8,13-14H,9-12,15H2,1-4H3,(H,23,26). The second-order valence-electron chi connectivity index (χ2n) is 7.11. The Balaban J connectivity index is 1.53. The lowest BCUT2D eigenvalue weighted by atomic mass is 10.1. The highest BCUT2D eigenvalue weighted by Gasteiger charge is 2.22. The van der Waals surface area contributed by atoms with Crippen LogP contribution >= 0.6 is 0 Å². The molecule has 1 aliphatic heterocycles. The van der Waals surface area contributed by atoms with Gasteiger partial charge in [-0.1, -0.05) is 23.8 Å². The van der Waals surface area contributed by atoms with E-state index < -0.39 is 0 Å². The maximum Gasteiger partial charge on any atom is 0.317 e. The number of hydrogen-bond donors (Lipinski definition) is 1. The second kappa shape index (κ2) is 8.87. The molecule has 0 aromatic heterocycles. The number of ether oxygens (including phenoxy) is 2. The lowest BCUT2D eigenvalue weighted by Gasteiger charge is -2.36. The fraction of sp³-hybridized carbons (Fsp3) is 0.409. The highest BCUT2D eigenvalue weighted by molar-refractivity contribution is 5.74. The van der Waals surface area contributed by atoms with Gasteiger partial charge in [0, 0.05) is 38.4 Å². The second-order valence-corrected chi connectivity index (χ2v) is 7.11. The first-order valence-corrected chi connectivity index (χ1v) is 9.57. The van der Waals surface area contributed by atoms with Crippen molar-refractivity contribution < 1.29 is 14.3 Å². The van der Waals surface area contributed by atoms with E-state index in [-0.39, 0.29) is 6.03 Å². The van der Waals surface area contributed by atoms with Gasteiger partial charge >= 0.3 is 6.03 Å². The Morgan fingerprint density at radius 3 is 2.32 bits per heavy atom. The van der Waals surface area contributed by atoms with Crippen LogP contribution < -0.4 is 19.7 Å². The van der Waals surface area contributed by atoms with Crippen molar-refractivity contribution in [3.8, 4) is 11.5 Å². The molecule has 1 saturated heterocycles. The van der Waals surface area contributed by atoms with Gasteiger partial charge in [0.25, 0.3) is 0 Å². The summed E-state index contributed by atoms with van der Waals surface area (Å²) in [5.41, 5.74) is 4.79. The lowest BCUT2D eigenvalue weighted by Crippen LogP contribution is -2.51. The number of aryl methyl sites for hydroxylation is 2. The van der Waals surface area contributed by atoms with Crippen molar-refractivity contribution in [2.75, 3.05) is 45.3 Å². The van der Waals surface area contributed by atoms with E-state index in [1.54, 1.807) is 14.2 Å². The Labute approximate surface area is 167 Å². The molecule has 2 aromatic carbocycles. The predicted octanol–water partition coefficient (Wildman–Crippen LogP) is 3.35. The number of benzene rings is 2. The van der Waals surface area contributed by atoms with Gasteiger partial charge in [-0.2, -0.15) is 0 Å². The molecule has 1 aliphatic rings. The molecule has 1 N–H and O–H groups in total. The van der Waals surface area contributed by atoms with E-state index in [0.29, 0.717) is 31.1 Å². The quantitative estimate of drug-likeness (QED) is 0.860. The molecule has 0 radical (unpaired) electrons. The summed E-state index contributed by atoms with van der Waals surface area (Å²) in [6.07, 6.45) is 0. The Morgan fingerprint density at radius 2 is 1.68 bits per heavy atom. The van der Waals surface area contributed by atoms with Crippen LogP contribution in [0.1, 0.15) is 16.7 Å². The highest BCUT2D eigenvalue weighted by atomic mass is 16.5. The Morgan fingerprint density at radius 1 is 0.964 bits per heavy atom. The molecule has 6 nitrogen and oxygen atoms in total. The average molecular weight is 383 g/mol. The van der Waals surface area contributed by atoms with Crippen molar-refractivity contribution in [3.63, 3.8) is 0 Å². The number of amides is 2. The summed E-state index contributed by atoms with van der Waals surface area (Å²) in [5.74, 6) is 1.34. The van der Waals surface area contributed by atoms with Crippen molar-refractivity contribution >= 4 is 11.7 Å².